The van der Waals surface area contributed by atoms with Crippen molar-refractivity contribution in [3.8, 4) is 0 Å². The maximum absolute atomic E-state index is 12.5. The van der Waals surface area contributed by atoms with Crippen molar-refractivity contribution in [3.05, 3.63) is 29.8 Å². The number of unbranched alkanes of at least 4 members (excludes halogenated alkanes) is 1. The van der Waals surface area contributed by atoms with Gasteiger partial charge in [0, 0.05) is 31.9 Å². The van der Waals surface area contributed by atoms with Gasteiger partial charge in [0.2, 0.25) is 0 Å². The number of fused-ring (bicyclic) bond motifs is 4. The highest BCUT2D eigenvalue weighted by atomic mass is 16.3. The number of urea groups is 1. The molecule has 5 heteroatoms. The number of carbonyl (C=O) groups excluding carboxylic acids is 1. The fourth-order valence-corrected chi connectivity index (χ4v) is 4.80. The fraction of sp³-hybridized carbons (Fsp3) is 0.682. The first kappa shape index (κ1) is 20.0. The number of nitrogens with one attached hydrogen (secondary N) is 1. The average Bonchev–Trinajstić information content (AvgIpc) is 2.92. The van der Waals surface area contributed by atoms with E-state index in [4.69, 9.17) is 5.11 Å². The van der Waals surface area contributed by atoms with Crippen LogP contribution in [0, 0.1) is 11.3 Å². The van der Waals surface area contributed by atoms with Crippen LogP contribution in [0.15, 0.2) is 24.3 Å². The van der Waals surface area contributed by atoms with E-state index in [1.807, 2.05) is 4.90 Å². The third-order valence-electron chi connectivity index (χ3n) is 6.18. The van der Waals surface area contributed by atoms with E-state index in [-0.39, 0.29) is 18.1 Å². The molecular formula is C22H35N3O2. The molecule has 3 saturated heterocycles. The van der Waals surface area contributed by atoms with Crippen LogP contribution < -0.4 is 10.2 Å². The second-order valence-electron chi connectivity index (χ2n) is 8.86. The van der Waals surface area contributed by atoms with E-state index in [0.717, 1.165) is 32.5 Å². The number of aryl methyl sites for hydroxylation is 1. The van der Waals surface area contributed by atoms with Crippen LogP contribution in [0.5, 0.6) is 0 Å². The summed E-state index contributed by atoms with van der Waals surface area (Å²) in [7, 11) is 0. The van der Waals surface area contributed by atoms with Gasteiger partial charge in [-0.1, -0.05) is 39.3 Å². The summed E-state index contributed by atoms with van der Waals surface area (Å²) in [6, 6.07) is 9.31. The maximum Gasteiger partial charge on any atom is 0.317 e. The number of rotatable bonds is 6. The van der Waals surface area contributed by atoms with Crippen LogP contribution in [0.4, 0.5) is 10.5 Å². The van der Waals surface area contributed by atoms with Gasteiger partial charge in [0.05, 0.1) is 12.6 Å². The Kier molecular flexibility index (Phi) is 6.30. The Bertz CT molecular complexity index is 629. The van der Waals surface area contributed by atoms with E-state index in [9.17, 15) is 4.79 Å². The highest BCUT2D eigenvalue weighted by Gasteiger charge is 2.46. The van der Waals surface area contributed by atoms with Gasteiger partial charge in [0.15, 0.2) is 0 Å². The smallest absolute Gasteiger partial charge is 0.317 e. The molecular weight excluding hydrogens is 338 g/mol. The number of benzene rings is 1. The lowest BCUT2D eigenvalue weighted by molar-refractivity contribution is 0.185. The van der Waals surface area contributed by atoms with Gasteiger partial charge in [-0.25, -0.2) is 4.79 Å². The molecule has 3 aliphatic heterocycles. The summed E-state index contributed by atoms with van der Waals surface area (Å²) in [6.45, 7) is 9.73. The third kappa shape index (κ3) is 4.57. The van der Waals surface area contributed by atoms with Gasteiger partial charge < -0.3 is 20.2 Å². The Morgan fingerprint density at radius 2 is 1.96 bits per heavy atom. The molecule has 2 amide bonds. The molecule has 3 aliphatic rings. The molecule has 27 heavy (non-hydrogen) atoms. The zero-order valence-electron chi connectivity index (χ0n) is 17.1. The van der Waals surface area contributed by atoms with E-state index in [0.29, 0.717) is 18.5 Å². The van der Waals surface area contributed by atoms with Crippen molar-refractivity contribution in [2.24, 2.45) is 11.3 Å². The third-order valence-corrected chi connectivity index (χ3v) is 6.18. The monoisotopic (exact) mass is 373 g/mol. The number of nitrogens with zero attached hydrogens (tertiary/aromatic N) is 2. The molecule has 2 bridgehead atoms. The van der Waals surface area contributed by atoms with Crippen LogP contribution in [0.1, 0.15) is 45.6 Å². The average molecular weight is 374 g/mol. The zero-order chi connectivity index (χ0) is 19.4. The van der Waals surface area contributed by atoms with Gasteiger partial charge in [0.25, 0.3) is 0 Å². The van der Waals surface area contributed by atoms with Crippen molar-refractivity contribution < 1.29 is 9.90 Å². The van der Waals surface area contributed by atoms with E-state index in [2.05, 4.69) is 55.3 Å². The number of anilines is 1. The lowest BCUT2D eigenvalue weighted by Crippen LogP contribution is -2.54. The van der Waals surface area contributed by atoms with Gasteiger partial charge in [-0.2, -0.15) is 0 Å². The molecule has 150 valence electrons. The van der Waals surface area contributed by atoms with Crippen molar-refractivity contribution in [2.75, 3.05) is 37.7 Å². The van der Waals surface area contributed by atoms with E-state index in [1.54, 1.807) is 0 Å². The molecule has 1 aromatic carbocycles. The first-order chi connectivity index (χ1) is 12.9. The largest absolute Gasteiger partial charge is 0.395 e. The number of carbonyl (C=O) groups is 1. The summed E-state index contributed by atoms with van der Waals surface area (Å²) < 4.78 is 0. The number of hydrogen-bond donors (Lipinski definition) is 2. The van der Waals surface area contributed by atoms with E-state index < -0.39 is 0 Å². The molecule has 2 N–H and O–H groups in total. The molecule has 2 atom stereocenters. The second-order valence-corrected chi connectivity index (χ2v) is 8.86. The lowest BCUT2D eigenvalue weighted by Gasteiger charge is -2.48. The zero-order valence-corrected chi connectivity index (χ0v) is 17.1. The van der Waals surface area contributed by atoms with Gasteiger partial charge in [-0.05, 0) is 48.3 Å². The summed E-state index contributed by atoms with van der Waals surface area (Å²) in [5, 5.41) is 11.8. The summed E-state index contributed by atoms with van der Waals surface area (Å²) in [5.41, 5.74) is 2.84. The van der Waals surface area contributed by atoms with Crippen LogP contribution in [0.3, 0.4) is 0 Å². The van der Waals surface area contributed by atoms with E-state index in [1.165, 1.54) is 24.1 Å². The van der Waals surface area contributed by atoms with Crippen molar-refractivity contribution in [1.82, 2.24) is 10.2 Å². The molecule has 0 spiro atoms. The number of aliphatic hydroxyl groups excluding tert-OH is 1. The van der Waals surface area contributed by atoms with Gasteiger partial charge in [0.1, 0.15) is 0 Å². The predicted molar refractivity (Wildman–Crippen MR) is 110 cm³/mol. The van der Waals surface area contributed by atoms with Gasteiger partial charge in [-0.15, -0.1) is 0 Å². The topological polar surface area (TPSA) is 55.8 Å². The molecule has 0 aromatic heterocycles. The van der Waals surface area contributed by atoms with Crippen LogP contribution in [-0.2, 0) is 6.42 Å². The minimum atomic E-state index is -0.0477. The van der Waals surface area contributed by atoms with E-state index >= 15 is 0 Å². The number of piperidine rings is 1. The predicted octanol–water partition coefficient (Wildman–Crippen LogP) is 3.27. The van der Waals surface area contributed by atoms with Crippen molar-refractivity contribution in [3.63, 3.8) is 0 Å². The molecule has 5 nitrogen and oxygen atoms in total. The Hall–Kier alpha value is -1.75. The van der Waals surface area contributed by atoms with Crippen LogP contribution in [-0.4, -0.2) is 54.9 Å². The first-order valence-electron chi connectivity index (χ1n) is 10.4. The van der Waals surface area contributed by atoms with Crippen molar-refractivity contribution >= 4 is 11.7 Å². The van der Waals surface area contributed by atoms with Crippen LogP contribution in [0.25, 0.3) is 0 Å². The summed E-state index contributed by atoms with van der Waals surface area (Å²) >= 11 is 0. The fourth-order valence-electron chi connectivity index (χ4n) is 4.80. The molecule has 0 radical (unpaired) electrons. The molecule has 0 unspecified atom stereocenters. The SMILES string of the molecule is CCCCc1ccc(N2C[C@H]3CN(C(=O)NCCO)C[C@@H]2C(C)(C)C3)cc1. The summed E-state index contributed by atoms with van der Waals surface area (Å²) in [6.07, 6.45) is 4.75. The number of amides is 2. The Morgan fingerprint density at radius 1 is 1.22 bits per heavy atom. The normalized spacial score (nSPS) is 24.0. The number of aliphatic hydroxyl groups is 1. The molecule has 0 saturated carbocycles. The van der Waals surface area contributed by atoms with Crippen LogP contribution in [0.2, 0.25) is 0 Å². The lowest BCUT2D eigenvalue weighted by atomic mass is 9.73. The Morgan fingerprint density at radius 3 is 2.63 bits per heavy atom. The van der Waals surface area contributed by atoms with Gasteiger partial charge >= 0.3 is 6.03 Å². The molecule has 1 aromatic rings. The highest BCUT2D eigenvalue weighted by Crippen LogP contribution is 2.43. The molecule has 0 aliphatic carbocycles. The minimum absolute atomic E-state index is 0.0194. The van der Waals surface area contributed by atoms with Crippen molar-refractivity contribution in [1.29, 1.82) is 0 Å². The van der Waals surface area contributed by atoms with Crippen molar-refractivity contribution in [2.45, 2.75) is 52.5 Å². The maximum atomic E-state index is 12.5. The Labute approximate surface area is 163 Å². The van der Waals surface area contributed by atoms with Gasteiger partial charge in [-0.3, -0.25) is 0 Å². The van der Waals surface area contributed by atoms with Crippen LogP contribution >= 0.6 is 0 Å². The summed E-state index contributed by atoms with van der Waals surface area (Å²) in [5.74, 6) is 0.471. The standard InChI is InChI=1S/C22H35N3O2/c1-4-5-6-17-7-9-19(10-8-17)25-15-18-13-22(2,3)20(25)16-24(14-18)21(27)23-11-12-26/h7-10,18,20,26H,4-6,11-16H2,1-3H3,(H,23,27)/t18-,20-/m1/s1. The second kappa shape index (κ2) is 8.51. The highest BCUT2D eigenvalue weighted by molar-refractivity contribution is 5.74. The molecule has 4 rings (SSSR count). The quantitative estimate of drug-likeness (QED) is 0.805. The number of hydrogen-bond acceptors (Lipinski definition) is 3. The first-order valence-corrected chi connectivity index (χ1v) is 10.4. The minimum Gasteiger partial charge on any atom is -0.395 e. The molecule has 3 heterocycles. The summed E-state index contributed by atoms with van der Waals surface area (Å²) in [4.78, 5) is 17.0. The molecule has 3 fully saturated rings. The Balaban J connectivity index is 1.78.